The maximum absolute atomic E-state index is 13.0. The lowest BCUT2D eigenvalue weighted by atomic mass is 10.1. The van der Waals surface area contributed by atoms with Crippen molar-refractivity contribution in [3.05, 3.63) is 83.1 Å². The van der Waals surface area contributed by atoms with E-state index in [-0.39, 0.29) is 5.91 Å². The molecule has 166 valence electrons. The maximum Gasteiger partial charge on any atom is 0.255 e. The Labute approximate surface area is 201 Å². The van der Waals surface area contributed by atoms with Crippen LogP contribution in [0.5, 0.6) is 0 Å². The van der Waals surface area contributed by atoms with Crippen molar-refractivity contribution in [2.75, 3.05) is 28.7 Å². The van der Waals surface area contributed by atoms with Crippen molar-refractivity contribution in [1.82, 2.24) is 9.97 Å². The lowest BCUT2D eigenvalue weighted by Crippen LogP contribution is -2.26. The van der Waals surface area contributed by atoms with Crippen LogP contribution in [-0.4, -0.2) is 35.0 Å². The van der Waals surface area contributed by atoms with Gasteiger partial charge in [-0.05, 0) is 79.0 Å². The van der Waals surface area contributed by atoms with E-state index in [1.165, 1.54) is 0 Å². The van der Waals surface area contributed by atoms with Crippen LogP contribution in [0, 0.1) is 6.92 Å². The zero-order valence-electron chi connectivity index (χ0n) is 17.9. The summed E-state index contributed by atoms with van der Waals surface area (Å²) in [4.78, 5) is 21.8. The number of pyridine rings is 2. The van der Waals surface area contributed by atoms with Gasteiger partial charge in [0.15, 0.2) is 0 Å². The molecular formula is C25H21ClN4O2S. The quantitative estimate of drug-likeness (QED) is 0.367. The third-order valence-electron chi connectivity index (χ3n) is 5.42. The molecule has 1 saturated heterocycles. The van der Waals surface area contributed by atoms with Crippen LogP contribution in [0.2, 0.25) is 5.02 Å². The molecule has 0 radical (unpaired) electrons. The molecule has 2 aromatic carbocycles. The molecule has 5 rings (SSSR count). The molecule has 2 aromatic heterocycles. The SMILES string of the molecule is Cc1cc(N2COCCS2)ccc1C(=O)Nc1ccc(Cl)c(-c2ccc3cnccc3n2)c1. The first-order valence-corrected chi connectivity index (χ1v) is 11.8. The molecule has 0 bridgehead atoms. The molecule has 1 N–H and O–H groups in total. The molecule has 1 aliphatic heterocycles. The number of nitrogens with zero attached hydrogens (tertiary/aromatic N) is 3. The van der Waals surface area contributed by atoms with Gasteiger partial charge in [0.25, 0.3) is 5.91 Å². The van der Waals surface area contributed by atoms with Gasteiger partial charge in [-0.25, -0.2) is 4.98 Å². The molecule has 1 aliphatic rings. The number of nitrogens with one attached hydrogen (secondary N) is 1. The van der Waals surface area contributed by atoms with Crippen LogP contribution in [0.25, 0.3) is 22.2 Å². The smallest absolute Gasteiger partial charge is 0.255 e. The van der Waals surface area contributed by atoms with Gasteiger partial charge >= 0.3 is 0 Å². The minimum Gasteiger partial charge on any atom is -0.359 e. The first-order valence-electron chi connectivity index (χ1n) is 10.5. The zero-order valence-corrected chi connectivity index (χ0v) is 19.5. The fourth-order valence-corrected chi connectivity index (χ4v) is 4.75. The van der Waals surface area contributed by atoms with Crippen LogP contribution in [0.1, 0.15) is 15.9 Å². The van der Waals surface area contributed by atoms with Gasteiger partial charge in [-0.15, -0.1) is 0 Å². The fraction of sp³-hybridized carbons (Fsp3) is 0.160. The molecule has 1 fully saturated rings. The molecular weight excluding hydrogens is 456 g/mol. The Bertz CT molecular complexity index is 1340. The van der Waals surface area contributed by atoms with E-state index in [0.29, 0.717) is 23.0 Å². The Kier molecular flexibility index (Phi) is 6.17. The van der Waals surface area contributed by atoms with E-state index in [9.17, 15) is 4.79 Å². The van der Waals surface area contributed by atoms with E-state index in [0.717, 1.165) is 45.8 Å². The minimum absolute atomic E-state index is 0.174. The number of carbonyl (C=O) groups is 1. The Balaban J connectivity index is 1.38. The summed E-state index contributed by atoms with van der Waals surface area (Å²) < 4.78 is 7.61. The van der Waals surface area contributed by atoms with E-state index < -0.39 is 0 Å². The van der Waals surface area contributed by atoms with Crippen molar-refractivity contribution < 1.29 is 9.53 Å². The molecule has 0 saturated carbocycles. The number of hydrogen-bond donors (Lipinski definition) is 1. The summed E-state index contributed by atoms with van der Waals surface area (Å²) >= 11 is 8.20. The zero-order chi connectivity index (χ0) is 22.8. The molecule has 1 amide bonds. The monoisotopic (exact) mass is 476 g/mol. The summed E-state index contributed by atoms with van der Waals surface area (Å²) in [6, 6.07) is 17.0. The maximum atomic E-state index is 13.0. The van der Waals surface area contributed by atoms with Gasteiger partial charge in [-0.1, -0.05) is 11.6 Å². The van der Waals surface area contributed by atoms with E-state index in [2.05, 4.69) is 14.6 Å². The summed E-state index contributed by atoms with van der Waals surface area (Å²) in [5.74, 6) is 0.746. The van der Waals surface area contributed by atoms with Gasteiger partial charge in [-0.2, -0.15) is 0 Å². The van der Waals surface area contributed by atoms with Gasteiger partial charge in [0.1, 0.15) is 6.73 Å². The molecule has 0 unspecified atom stereocenters. The van der Waals surface area contributed by atoms with Crippen molar-refractivity contribution in [2.24, 2.45) is 0 Å². The number of anilines is 2. The second-order valence-corrected chi connectivity index (χ2v) is 9.18. The highest BCUT2D eigenvalue weighted by atomic mass is 35.5. The Morgan fingerprint density at radius 1 is 1.15 bits per heavy atom. The lowest BCUT2D eigenvalue weighted by molar-refractivity contribution is 0.102. The van der Waals surface area contributed by atoms with Gasteiger partial charge in [-0.3, -0.25) is 14.1 Å². The predicted molar refractivity (Wildman–Crippen MR) is 135 cm³/mol. The van der Waals surface area contributed by atoms with E-state index in [4.69, 9.17) is 21.3 Å². The summed E-state index contributed by atoms with van der Waals surface area (Å²) in [6.07, 6.45) is 3.48. The molecule has 6 nitrogen and oxygen atoms in total. The molecule has 33 heavy (non-hydrogen) atoms. The number of hydrogen-bond acceptors (Lipinski definition) is 6. The molecule has 8 heteroatoms. The minimum atomic E-state index is -0.174. The van der Waals surface area contributed by atoms with Crippen molar-refractivity contribution in [3.63, 3.8) is 0 Å². The fourth-order valence-electron chi connectivity index (χ4n) is 3.71. The largest absolute Gasteiger partial charge is 0.359 e. The average Bonchev–Trinajstić information content (AvgIpc) is 2.85. The van der Waals surface area contributed by atoms with Crippen LogP contribution < -0.4 is 9.62 Å². The van der Waals surface area contributed by atoms with Crippen molar-refractivity contribution in [3.8, 4) is 11.3 Å². The van der Waals surface area contributed by atoms with Crippen LogP contribution in [0.3, 0.4) is 0 Å². The summed E-state index contributed by atoms with van der Waals surface area (Å²) in [5, 5.41) is 4.51. The second-order valence-electron chi connectivity index (χ2n) is 7.66. The van der Waals surface area contributed by atoms with Crippen LogP contribution in [-0.2, 0) is 4.74 Å². The van der Waals surface area contributed by atoms with Crippen molar-refractivity contribution >= 4 is 51.7 Å². The van der Waals surface area contributed by atoms with Crippen LogP contribution in [0.15, 0.2) is 67.0 Å². The number of benzene rings is 2. The number of ether oxygens (including phenoxy) is 1. The number of carbonyl (C=O) groups excluding carboxylic acids is 1. The number of amides is 1. The number of halogens is 1. The van der Waals surface area contributed by atoms with Crippen molar-refractivity contribution in [1.29, 1.82) is 0 Å². The predicted octanol–water partition coefficient (Wildman–Crippen LogP) is 5.95. The molecule has 4 aromatic rings. The highest BCUT2D eigenvalue weighted by Crippen LogP contribution is 2.31. The van der Waals surface area contributed by atoms with E-state index in [1.807, 2.05) is 49.4 Å². The number of fused-ring (bicyclic) bond motifs is 1. The molecule has 3 heterocycles. The lowest BCUT2D eigenvalue weighted by Gasteiger charge is -2.27. The van der Waals surface area contributed by atoms with Gasteiger partial charge in [0.2, 0.25) is 0 Å². The number of aryl methyl sites for hydroxylation is 1. The van der Waals surface area contributed by atoms with Crippen LogP contribution in [0.4, 0.5) is 11.4 Å². The first-order chi connectivity index (χ1) is 16.1. The summed E-state index contributed by atoms with van der Waals surface area (Å²) in [6.45, 7) is 3.24. The standard InChI is InChI=1S/C25H21ClN4O2S/c1-16-12-19(30-15-32-10-11-33-30)4-5-20(16)25(31)28-18-3-6-22(26)21(13-18)24-7-2-17-14-27-9-8-23(17)29-24/h2-9,12-14H,10-11,15H2,1H3,(H,28,31). The highest BCUT2D eigenvalue weighted by molar-refractivity contribution is 8.00. The second kappa shape index (κ2) is 9.39. The highest BCUT2D eigenvalue weighted by Gasteiger charge is 2.16. The van der Waals surface area contributed by atoms with Crippen LogP contribution >= 0.6 is 23.5 Å². The normalized spacial score (nSPS) is 13.8. The summed E-state index contributed by atoms with van der Waals surface area (Å²) in [7, 11) is 0. The molecule has 0 spiro atoms. The Hall–Kier alpha value is -3.13. The Morgan fingerprint density at radius 3 is 2.88 bits per heavy atom. The molecule has 0 atom stereocenters. The number of rotatable bonds is 4. The van der Waals surface area contributed by atoms with E-state index in [1.54, 1.807) is 36.5 Å². The van der Waals surface area contributed by atoms with Gasteiger partial charge < -0.3 is 10.1 Å². The van der Waals surface area contributed by atoms with Gasteiger partial charge in [0, 0.05) is 46.0 Å². The number of aromatic nitrogens is 2. The van der Waals surface area contributed by atoms with Crippen molar-refractivity contribution in [2.45, 2.75) is 6.92 Å². The third kappa shape index (κ3) is 4.66. The third-order valence-corrected chi connectivity index (χ3v) is 6.72. The Morgan fingerprint density at radius 2 is 2.06 bits per heavy atom. The topological polar surface area (TPSA) is 67.3 Å². The van der Waals surface area contributed by atoms with E-state index >= 15 is 0 Å². The summed E-state index contributed by atoms with van der Waals surface area (Å²) in [5.41, 5.74) is 5.52. The van der Waals surface area contributed by atoms with Gasteiger partial charge in [0.05, 0.1) is 22.8 Å². The molecule has 0 aliphatic carbocycles. The average molecular weight is 477 g/mol. The first kappa shape index (κ1) is 21.7.